The van der Waals surface area contributed by atoms with E-state index in [4.69, 9.17) is 11.6 Å². The summed E-state index contributed by atoms with van der Waals surface area (Å²) in [5.74, 6) is -1.91. The van der Waals surface area contributed by atoms with Gasteiger partial charge in [0.1, 0.15) is 11.1 Å². The van der Waals surface area contributed by atoms with E-state index < -0.39 is 34.4 Å². The van der Waals surface area contributed by atoms with E-state index in [9.17, 15) is 24.5 Å². The van der Waals surface area contributed by atoms with Gasteiger partial charge in [-0.3, -0.25) is 24.5 Å². The number of nitrogens with one attached hydrogen (secondary N) is 3. The van der Waals surface area contributed by atoms with Gasteiger partial charge in [-0.2, -0.15) is 0 Å². The second-order valence-electron chi connectivity index (χ2n) is 7.40. The molecule has 2 aromatic carbocycles. The van der Waals surface area contributed by atoms with Gasteiger partial charge in [0.2, 0.25) is 11.8 Å². The van der Waals surface area contributed by atoms with E-state index in [2.05, 4.69) is 16.0 Å². The molecule has 170 valence electrons. The molecule has 3 N–H and O–H groups in total. The molecule has 0 fully saturated rings. The van der Waals surface area contributed by atoms with Crippen molar-refractivity contribution in [2.24, 2.45) is 5.92 Å². The molecule has 9 nitrogen and oxygen atoms in total. The maximum atomic E-state index is 12.6. The zero-order valence-corrected chi connectivity index (χ0v) is 18.7. The molecule has 0 aromatic heterocycles. The first-order valence-electron chi connectivity index (χ1n) is 10.0. The number of nitrogens with zero attached hydrogens (tertiary/aromatic N) is 1. The van der Waals surface area contributed by atoms with Crippen LogP contribution in [0.2, 0.25) is 5.02 Å². The normalized spacial score (nSPS) is 11.5. The van der Waals surface area contributed by atoms with E-state index in [0.717, 1.165) is 18.1 Å². The Kier molecular flexibility index (Phi) is 8.71. The minimum absolute atomic E-state index is 0.00605. The van der Waals surface area contributed by atoms with Crippen molar-refractivity contribution in [3.63, 3.8) is 0 Å². The van der Waals surface area contributed by atoms with Crippen molar-refractivity contribution >= 4 is 40.7 Å². The van der Waals surface area contributed by atoms with Crippen molar-refractivity contribution in [3.8, 4) is 0 Å². The lowest BCUT2D eigenvalue weighted by molar-refractivity contribution is -0.384. The summed E-state index contributed by atoms with van der Waals surface area (Å²) in [6.45, 7) is 5.15. The largest absolute Gasteiger partial charge is 0.345 e. The molecule has 2 rings (SSSR count). The van der Waals surface area contributed by atoms with Crippen LogP contribution in [0.3, 0.4) is 0 Å². The van der Waals surface area contributed by atoms with Gasteiger partial charge in [-0.05, 0) is 36.1 Å². The molecule has 0 spiro atoms. The predicted molar refractivity (Wildman–Crippen MR) is 122 cm³/mol. The Morgan fingerprint density at radius 3 is 2.44 bits per heavy atom. The summed E-state index contributed by atoms with van der Waals surface area (Å²) in [5.41, 5.74) is 1.23. The first-order chi connectivity index (χ1) is 15.1. The first kappa shape index (κ1) is 24.8. The third-order valence-corrected chi connectivity index (χ3v) is 5.06. The fraction of sp³-hybridized carbons (Fsp3) is 0.318. The zero-order valence-electron chi connectivity index (χ0n) is 18.0. The van der Waals surface area contributed by atoms with Crippen LogP contribution in [-0.2, 0) is 16.0 Å². The highest BCUT2D eigenvalue weighted by Gasteiger charge is 2.26. The van der Waals surface area contributed by atoms with Crippen LogP contribution in [0, 0.1) is 16.0 Å². The standard InChI is InChI=1S/C22H25ClN4O5/c1-4-14-7-5-6-8-17(14)25-19(28)12-24-22(30)20(13(2)3)26-21(29)15-9-10-16(23)18(11-15)27(31)32/h5-11,13,20H,4,12H2,1-3H3,(H,24,30)(H,25,28)(H,26,29)/t20-/m0/s1. The van der Waals surface area contributed by atoms with Crippen LogP contribution < -0.4 is 16.0 Å². The molecule has 0 aliphatic rings. The Bertz CT molecular complexity index is 1030. The third-order valence-electron chi connectivity index (χ3n) is 4.74. The van der Waals surface area contributed by atoms with Crippen LogP contribution in [0.25, 0.3) is 0 Å². The molecule has 0 heterocycles. The lowest BCUT2D eigenvalue weighted by Crippen LogP contribution is -2.51. The number of anilines is 1. The fourth-order valence-corrected chi connectivity index (χ4v) is 3.16. The highest BCUT2D eigenvalue weighted by atomic mass is 35.5. The van der Waals surface area contributed by atoms with Crippen LogP contribution in [0.15, 0.2) is 42.5 Å². The SMILES string of the molecule is CCc1ccccc1NC(=O)CNC(=O)[C@@H](NC(=O)c1ccc(Cl)c([N+](=O)[O-])c1)C(C)C. The Hall–Kier alpha value is -3.46. The van der Waals surface area contributed by atoms with E-state index in [-0.39, 0.29) is 23.0 Å². The van der Waals surface area contributed by atoms with Crippen LogP contribution >= 0.6 is 11.6 Å². The molecule has 3 amide bonds. The number of hydrogen-bond donors (Lipinski definition) is 3. The molecular formula is C22H25ClN4O5. The monoisotopic (exact) mass is 460 g/mol. The summed E-state index contributed by atoms with van der Waals surface area (Å²) in [6, 6.07) is 10.0. The smallest absolute Gasteiger partial charge is 0.288 e. The quantitative estimate of drug-likeness (QED) is 0.390. The fourth-order valence-electron chi connectivity index (χ4n) is 2.98. The molecule has 0 saturated carbocycles. The summed E-state index contributed by atoms with van der Waals surface area (Å²) in [6.07, 6.45) is 0.743. The molecule has 32 heavy (non-hydrogen) atoms. The van der Waals surface area contributed by atoms with Crippen molar-refractivity contribution in [3.05, 3.63) is 68.7 Å². The summed E-state index contributed by atoms with van der Waals surface area (Å²) in [7, 11) is 0. The molecule has 0 radical (unpaired) electrons. The van der Waals surface area contributed by atoms with Crippen LogP contribution in [0.1, 0.15) is 36.7 Å². The van der Waals surface area contributed by atoms with Gasteiger partial charge in [0, 0.05) is 17.3 Å². The van der Waals surface area contributed by atoms with Gasteiger partial charge in [-0.15, -0.1) is 0 Å². The molecular weight excluding hydrogens is 436 g/mol. The number of para-hydroxylation sites is 1. The minimum atomic E-state index is -0.951. The summed E-state index contributed by atoms with van der Waals surface area (Å²) in [5, 5.41) is 18.8. The zero-order chi connectivity index (χ0) is 23.8. The molecule has 0 unspecified atom stereocenters. The van der Waals surface area contributed by atoms with Gasteiger partial charge < -0.3 is 16.0 Å². The number of amides is 3. The van der Waals surface area contributed by atoms with Crippen molar-refractivity contribution in [1.29, 1.82) is 0 Å². The van der Waals surface area contributed by atoms with E-state index >= 15 is 0 Å². The second-order valence-corrected chi connectivity index (χ2v) is 7.80. The Morgan fingerprint density at radius 2 is 1.81 bits per heavy atom. The van der Waals surface area contributed by atoms with E-state index in [1.807, 2.05) is 19.1 Å². The van der Waals surface area contributed by atoms with Gasteiger partial charge in [0.25, 0.3) is 11.6 Å². The lowest BCUT2D eigenvalue weighted by atomic mass is 10.0. The van der Waals surface area contributed by atoms with Crippen molar-refractivity contribution in [2.75, 3.05) is 11.9 Å². The van der Waals surface area contributed by atoms with Crippen LogP contribution in [-0.4, -0.2) is 35.2 Å². The van der Waals surface area contributed by atoms with Gasteiger partial charge in [0.15, 0.2) is 0 Å². The van der Waals surface area contributed by atoms with Gasteiger partial charge in [-0.25, -0.2) is 0 Å². The third kappa shape index (κ3) is 6.52. The number of benzene rings is 2. The van der Waals surface area contributed by atoms with Crippen molar-refractivity contribution in [2.45, 2.75) is 33.2 Å². The maximum absolute atomic E-state index is 12.6. The molecule has 0 saturated heterocycles. The van der Waals surface area contributed by atoms with Gasteiger partial charge in [-0.1, -0.05) is 50.6 Å². The summed E-state index contributed by atoms with van der Waals surface area (Å²) < 4.78 is 0. The number of carbonyl (C=O) groups is 3. The van der Waals surface area contributed by atoms with Crippen molar-refractivity contribution < 1.29 is 19.3 Å². The highest BCUT2D eigenvalue weighted by molar-refractivity contribution is 6.32. The second kappa shape index (κ2) is 11.2. The number of rotatable bonds is 9. The maximum Gasteiger partial charge on any atom is 0.288 e. The highest BCUT2D eigenvalue weighted by Crippen LogP contribution is 2.25. The average molecular weight is 461 g/mol. The molecule has 0 aliphatic carbocycles. The Morgan fingerprint density at radius 1 is 1.12 bits per heavy atom. The van der Waals surface area contributed by atoms with Crippen LogP contribution in [0.5, 0.6) is 0 Å². The van der Waals surface area contributed by atoms with Gasteiger partial charge >= 0.3 is 0 Å². The number of hydrogen-bond acceptors (Lipinski definition) is 5. The molecule has 2 aromatic rings. The molecule has 0 bridgehead atoms. The van der Waals surface area contributed by atoms with E-state index in [1.54, 1.807) is 26.0 Å². The number of nitro benzene ring substituents is 1. The Balaban J connectivity index is 2.02. The van der Waals surface area contributed by atoms with E-state index in [1.165, 1.54) is 12.1 Å². The molecule has 1 atom stereocenters. The van der Waals surface area contributed by atoms with E-state index in [0.29, 0.717) is 5.69 Å². The topological polar surface area (TPSA) is 130 Å². The lowest BCUT2D eigenvalue weighted by Gasteiger charge is -2.21. The number of halogens is 1. The number of nitro groups is 1. The minimum Gasteiger partial charge on any atom is -0.345 e. The van der Waals surface area contributed by atoms with Crippen molar-refractivity contribution in [1.82, 2.24) is 10.6 Å². The van der Waals surface area contributed by atoms with Gasteiger partial charge in [0.05, 0.1) is 11.5 Å². The average Bonchev–Trinajstić information content (AvgIpc) is 2.75. The summed E-state index contributed by atoms with van der Waals surface area (Å²) >= 11 is 5.78. The van der Waals surface area contributed by atoms with Crippen LogP contribution in [0.4, 0.5) is 11.4 Å². The first-order valence-corrected chi connectivity index (χ1v) is 10.4. The molecule has 0 aliphatic heterocycles. The predicted octanol–water partition coefficient (Wildman–Crippen LogP) is 3.32. The number of aryl methyl sites for hydroxylation is 1. The summed E-state index contributed by atoms with van der Waals surface area (Å²) in [4.78, 5) is 47.8. The Labute approximate surface area is 190 Å². The molecule has 10 heteroatoms. The number of carbonyl (C=O) groups excluding carboxylic acids is 3.